The third-order valence-corrected chi connectivity index (χ3v) is 4.89. The van der Waals surface area contributed by atoms with Gasteiger partial charge in [0.15, 0.2) is 0 Å². The first kappa shape index (κ1) is 12.5. The molecule has 0 atom stereocenters. The number of hydrogen-bond acceptors (Lipinski definition) is 3. The molecule has 1 fully saturated rings. The summed E-state index contributed by atoms with van der Waals surface area (Å²) in [5, 5.41) is 10.8. The molecule has 3 rings (SSSR count). The molecule has 1 aromatic heterocycles. The molecule has 1 aliphatic rings. The molecule has 2 aromatic rings. The summed E-state index contributed by atoms with van der Waals surface area (Å²) in [4.78, 5) is 16.4. The van der Waals surface area contributed by atoms with E-state index in [-0.39, 0.29) is 5.69 Å². The Labute approximate surface area is 116 Å². The molecule has 4 heteroatoms. The van der Waals surface area contributed by atoms with Gasteiger partial charge in [0.05, 0.1) is 5.52 Å². The lowest BCUT2D eigenvalue weighted by Crippen LogP contribution is -2.02. The second-order valence-corrected chi connectivity index (χ2v) is 6.19. The Morgan fingerprint density at radius 2 is 2.00 bits per heavy atom. The maximum atomic E-state index is 11.2. The van der Waals surface area contributed by atoms with E-state index in [1.807, 2.05) is 36.0 Å². The Morgan fingerprint density at radius 1 is 1.26 bits per heavy atom. The predicted molar refractivity (Wildman–Crippen MR) is 76.8 cm³/mol. The highest BCUT2D eigenvalue weighted by Crippen LogP contribution is 2.37. The largest absolute Gasteiger partial charge is 0.477 e. The molecule has 19 heavy (non-hydrogen) atoms. The maximum absolute atomic E-state index is 11.2. The first-order chi connectivity index (χ1) is 9.24. The van der Waals surface area contributed by atoms with Gasteiger partial charge in [-0.05, 0) is 25.0 Å². The smallest absolute Gasteiger partial charge is 0.354 e. The first-order valence-electron chi connectivity index (χ1n) is 6.54. The Bertz CT molecular complexity index is 621. The van der Waals surface area contributed by atoms with E-state index in [0.29, 0.717) is 5.25 Å². The molecule has 98 valence electrons. The molecule has 1 N–H and O–H groups in total. The number of para-hydroxylation sites is 1. The molecule has 1 aromatic carbocycles. The molecular weight excluding hydrogens is 258 g/mol. The van der Waals surface area contributed by atoms with E-state index in [4.69, 9.17) is 5.11 Å². The lowest BCUT2D eigenvalue weighted by atomic mass is 10.2. The Balaban J connectivity index is 2.06. The van der Waals surface area contributed by atoms with Crippen molar-refractivity contribution in [2.45, 2.75) is 35.8 Å². The van der Waals surface area contributed by atoms with Crippen molar-refractivity contribution in [3.63, 3.8) is 0 Å². The predicted octanol–water partition coefficient (Wildman–Crippen LogP) is 3.97. The lowest BCUT2D eigenvalue weighted by molar-refractivity contribution is 0.0690. The highest BCUT2D eigenvalue weighted by Gasteiger charge is 2.19. The molecular formula is C15H15NO2S. The summed E-state index contributed by atoms with van der Waals surface area (Å²) < 4.78 is 0. The van der Waals surface area contributed by atoms with Crippen LogP contribution in [-0.4, -0.2) is 21.3 Å². The van der Waals surface area contributed by atoms with Crippen molar-refractivity contribution in [1.82, 2.24) is 4.98 Å². The molecule has 3 nitrogen and oxygen atoms in total. The zero-order valence-corrected chi connectivity index (χ0v) is 11.3. The van der Waals surface area contributed by atoms with Gasteiger partial charge in [-0.3, -0.25) is 0 Å². The van der Waals surface area contributed by atoms with Crippen molar-refractivity contribution in [2.24, 2.45) is 0 Å². The van der Waals surface area contributed by atoms with Crippen molar-refractivity contribution in [1.29, 1.82) is 0 Å². The van der Waals surface area contributed by atoms with Crippen LogP contribution in [0.25, 0.3) is 10.9 Å². The van der Waals surface area contributed by atoms with Crippen LogP contribution in [0.3, 0.4) is 0 Å². The molecule has 0 amide bonds. The maximum Gasteiger partial charge on any atom is 0.354 e. The zero-order valence-electron chi connectivity index (χ0n) is 10.5. The summed E-state index contributed by atoms with van der Waals surface area (Å²) in [7, 11) is 0. The van der Waals surface area contributed by atoms with Gasteiger partial charge in [0.25, 0.3) is 0 Å². The van der Waals surface area contributed by atoms with Crippen LogP contribution in [0.5, 0.6) is 0 Å². The van der Waals surface area contributed by atoms with Crippen LogP contribution in [0, 0.1) is 0 Å². The standard InChI is InChI=1S/C15H15NO2S/c17-15(18)13-9-14(19-10-5-1-2-6-10)11-7-3-4-8-12(11)16-13/h3-4,7-10H,1-2,5-6H2,(H,17,18). The summed E-state index contributed by atoms with van der Waals surface area (Å²) >= 11 is 1.81. The molecule has 0 unspecified atom stereocenters. The number of aromatic nitrogens is 1. The first-order valence-corrected chi connectivity index (χ1v) is 7.42. The van der Waals surface area contributed by atoms with Crippen LogP contribution < -0.4 is 0 Å². The van der Waals surface area contributed by atoms with E-state index in [0.717, 1.165) is 15.8 Å². The van der Waals surface area contributed by atoms with Gasteiger partial charge in [0, 0.05) is 15.5 Å². The van der Waals surface area contributed by atoms with Gasteiger partial charge in [0.1, 0.15) is 5.69 Å². The van der Waals surface area contributed by atoms with Gasteiger partial charge >= 0.3 is 5.97 Å². The number of carboxylic acid groups (broad SMARTS) is 1. The molecule has 1 aliphatic carbocycles. The molecule has 1 heterocycles. The summed E-state index contributed by atoms with van der Waals surface area (Å²) in [5.74, 6) is -0.959. The van der Waals surface area contributed by atoms with Crippen molar-refractivity contribution in [3.8, 4) is 0 Å². The number of aromatic carboxylic acids is 1. The number of nitrogens with zero attached hydrogens (tertiary/aromatic N) is 1. The van der Waals surface area contributed by atoms with Crippen LogP contribution in [-0.2, 0) is 0 Å². The Hall–Kier alpha value is -1.55. The second kappa shape index (κ2) is 5.21. The van der Waals surface area contributed by atoms with Crippen LogP contribution in [0.15, 0.2) is 35.2 Å². The van der Waals surface area contributed by atoms with Crippen molar-refractivity contribution < 1.29 is 9.90 Å². The highest BCUT2D eigenvalue weighted by atomic mass is 32.2. The number of fused-ring (bicyclic) bond motifs is 1. The highest BCUT2D eigenvalue weighted by molar-refractivity contribution is 8.00. The van der Waals surface area contributed by atoms with E-state index < -0.39 is 5.97 Å². The monoisotopic (exact) mass is 273 g/mol. The topological polar surface area (TPSA) is 50.2 Å². The minimum Gasteiger partial charge on any atom is -0.477 e. The third kappa shape index (κ3) is 2.59. The fourth-order valence-corrected chi connectivity index (χ4v) is 3.94. The fraction of sp³-hybridized carbons (Fsp3) is 0.333. The van der Waals surface area contributed by atoms with E-state index >= 15 is 0 Å². The van der Waals surface area contributed by atoms with E-state index in [1.165, 1.54) is 25.7 Å². The normalized spacial score (nSPS) is 16.0. The SMILES string of the molecule is O=C(O)c1cc(SC2CCCC2)c2ccccc2n1. The summed E-state index contributed by atoms with van der Waals surface area (Å²) in [6.07, 6.45) is 5.02. The van der Waals surface area contributed by atoms with Crippen LogP contribution in [0.4, 0.5) is 0 Å². The van der Waals surface area contributed by atoms with E-state index in [2.05, 4.69) is 4.98 Å². The van der Waals surface area contributed by atoms with Crippen molar-refractivity contribution >= 4 is 28.6 Å². The molecule has 0 spiro atoms. The summed E-state index contributed by atoms with van der Waals surface area (Å²) in [6.45, 7) is 0. The van der Waals surface area contributed by atoms with Gasteiger partial charge in [-0.25, -0.2) is 9.78 Å². The molecule has 0 saturated heterocycles. The third-order valence-electron chi connectivity index (χ3n) is 3.49. The van der Waals surface area contributed by atoms with Gasteiger partial charge in [-0.2, -0.15) is 0 Å². The van der Waals surface area contributed by atoms with Gasteiger partial charge < -0.3 is 5.11 Å². The molecule has 0 aliphatic heterocycles. The number of carbonyl (C=O) groups is 1. The van der Waals surface area contributed by atoms with Crippen molar-refractivity contribution in [2.75, 3.05) is 0 Å². The molecule has 0 bridgehead atoms. The molecule has 0 radical (unpaired) electrons. The minimum atomic E-state index is -0.959. The summed E-state index contributed by atoms with van der Waals surface area (Å²) in [5.41, 5.74) is 0.905. The number of rotatable bonds is 3. The average Bonchev–Trinajstić information content (AvgIpc) is 2.91. The minimum absolute atomic E-state index is 0.138. The quantitative estimate of drug-likeness (QED) is 0.919. The van der Waals surface area contributed by atoms with Crippen LogP contribution >= 0.6 is 11.8 Å². The number of hydrogen-bond donors (Lipinski definition) is 1. The fourth-order valence-electron chi connectivity index (χ4n) is 2.54. The van der Waals surface area contributed by atoms with E-state index in [9.17, 15) is 4.79 Å². The number of benzene rings is 1. The van der Waals surface area contributed by atoms with Crippen molar-refractivity contribution in [3.05, 3.63) is 36.0 Å². The second-order valence-electron chi connectivity index (χ2n) is 4.85. The Kier molecular flexibility index (Phi) is 3.42. The summed E-state index contributed by atoms with van der Waals surface area (Å²) in [6, 6.07) is 9.48. The van der Waals surface area contributed by atoms with Gasteiger partial charge in [-0.15, -0.1) is 11.8 Å². The zero-order chi connectivity index (χ0) is 13.2. The van der Waals surface area contributed by atoms with E-state index in [1.54, 1.807) is 6.07 Å². The van der Waals surface area contributed by atoms with Gasteiger partial charge in [0.2, 0.25) is 0 Å². The van der Waals surface area contributed by atoms with Crippen LogP contribution in [0.2, 0.25) is 0 Å². The van der Waals surface area contributed by atoms with Crippen LogP contribution in [0.1, 0.15) is 36.2 Å². The van der Waals surface area contributed by atoms with Gasteiger partial charge in [-0.1, -0.05) is 31.0 Å². The number of thioether (sulfide) groups is 1. The number of carboxylic acids is 1. The Morgan fingerprint density at radius 3 is 2.74 bits per heavy atom. The average molecular weight is 273 g/mol. The molecule has 1 saturated carbocycles. The number of pyridine rings is 1. The lowest BCUT2D eigenvalue weighted by Gasteiger charge is -2.11.